The molecule has 0 saturated heterocycles. The highest BCUT2D eigenvalue weighted by molar-refractivity contribution is 6.30. The Kier molecular flexibility index (Phi) is 1.94. The fraction of sp³-hybridized carbons (Fsp3) is 0. The Morgan fingerprint density at radius 2 is 2.06 bits per heavy atom. The number of nitrogens with zero attached hydrogens (tertiary/aromatic N) is 1. The lowest BCUT2D eigenvalue weighted by Gasteiger charge is -1.90. The molecule has 0 radical (unpaired) electrons. The molecule has 3 rings (SSSR count). The van der Waals surface area contributed by atoms with Gasteiger partial charge in [0, 0.05) is 10.8 Å². The van der Waals surface area contributed by atoms with E-state index in [4.69, 9.17) is 16.0 Å². The topological polar surface area (TPSA) is 43.1 Å². The molecule has 0 saturated carbocycles. The normalized spacial score (nSPS) is 11.1. The first-order valence-electron chi connectivity index (χ1n) is 4.72. The van der Waals surface area contributed by atoms with Crippen LogP contribution in [0.5, 0.6) is 0 Å². The molecule has 16 heavy (non-hydrogen) atoms. The molecule has 3 aromatic rings. The summed E-state index contributed by atoms with van der Waals surface area (Å²) in [6, 6.07) is 8.95. The van der Waals surface area contributed by atoms with Crippen LogP contribution in [0.25, 0.3) is 22.1 Å². The number of carbonyl (C=O) groups is 1. The number of furan rings is 1. The summed E-state index contributed by atoms with van der Waals surface area (Å²) in [7, 11) is 0. The maximum atomic E-state index is 10.9. The minimum Gasteiger partial charge on any atom is -0.437 e. The van der Waals surface area contributed by atoms with Gasteiger partial charge in [-0.1, -0.05) is 23.7 Å². The summed E-state index contributed by atoms with van der Waals surface area (Å²) in [4.78, 5) is 14.9. The maximum absolute atomic E-state index is 10.9. The predicted octanol–water partition coefficient (Wildman–Crippen LogP) is 3.45. The van der Waals surface area contributed by atoms with Gasteiger partial charge in [0.2, 0.25) is 5.71 Å². The number of carbonyl (C=O) groups excluding carboxylic acids is 1. The van der Waals surface area contributed by atoms with Crippen LogP contribution in [-0.2, 0) is 0 Å². The third-order valence-corrected chi connectivity index (χ3v) is 2.70. The number of halogens is 1. The van der Waals surface area contributed by atoms with Gasteiger partial charge >= 0.3 is 0 Å². The number of aldehydes is 1. The van der Waals surface area contributed by atoms with Crippen molar-refractivity contribution in [1.82, 2.24) is 4.98 Å². The van der Waals surface area contributed by atoms with Gasteiger partial charge in [0.05, 0.1) is 5.56 Å². The molecule has 0 aliphatic rings. The minimum atomic E-state index is 0.374. The zero-order valence-electron chi connectivity index (χ0n) is 8.11. The number of pyridine rings is 1. The van der Waals surface area contributed by atoms with E-state index in [1.54, 1.807) is 12.1 Å². The van der Waals surface area contributed by atoms with Crippen molar-refractivity contribution in [3.05, 3.63) is 41.0 Å². The van der Waals surface area contributed by atoms with E-state index in [1.165, 1.54) is 0 Å². The molecule has 0 amide bonds. The van der Waals surface area contributed by atoms with Crippen molar-refractivity contribution >= 4 is 40.0 Å². The maximum Gasteiger partial charge on any atom is 0.228 e. The molecule has 0 aliphatic heterocycles. The van der Waals surface area contributed by atoms with E-state index in [0.29, 0.717) is 22.0 Å². The van der Waals surface area contributed by atoms with Crippen molar-refractivity contribution in [2.75, 3.05) is 0 Å². The van der Waals surface area contributed by atoms with Crippen molar-refractivity contribution in [2.24, 2.45) is 0 Å². The summed E-state index contributed by atoms with van der Waals surface area (Å²) in [5.41, 5.74) is 1.53. The number of para-hydroxylation sites is 1. The first-order valence-corrected chi connectivity index (χ1v) is 5.10. The fourth-order valence-electron chi connectivity index (χ4n) is 1.77. The lowest BCUT2D eigenvalue weighted by molar-refractivity contribution is 0.112. The molecular formula is C12H6ClNO2. The predicted molar refractivity (Wildman–Crippen MR) is 61.9 cm³/mol. The average molecular weight is 232 g/mol. The molecule has 2 aromatic heterocycles. The van der Waals surface area contributed by atoms with Crippen molar-refractivity contribution in [3.63, 3.8) is 0 Å². The summed E-state index contributed by atoms with van der Waals surface area (Å²) in [6.45, 7) is 0. The number of rotatable bonds is 1. The molecule has 4 heteroatoms. The van der Waals surface area contributed by atoms with Crippen LogP contribution in [-0.4, -0.2) is 11.3 Å². The monoisotopic (exact) mass is 231 g/mol. The Hall–Kier alpha value is -1.87. The Morgan fingerprint density at radius 3 is 2.88 bits per heavy atom. The smallest absolute Gasteiger partial charge is 0.228 e. The van der Waals surface area contributed by atoms with Crippen LogP contribution in [0.2, 0.25) is 5.15 Å². The van der Waals surface area contributed by atoms with Gasteiger partial charge in [-0.3, -0.25) is 4.79 Å². The molecule has 0 atom stereocenters. The number of hydrogen-bond acceptors (Lipinski definition) is 3. The zero-order valence-corrected chi connectivity index (χ0v) is 8.86. The molecule has 0 aliphatic carbocycles. The second-order valence-corrected chi connectivity index (χ2v) is 3.82. The SMILES string of the molecule is O=Cc1cccc2c1oc1nc(Cl)ccc12. The standard InChI is InChI=1S/C12H6ClNO2/c13-10-5-4-9-8-3-1-2-7(6-15)11(8)16-12(9)14-10/h1-6H. The highest BCUT2D eigenvalue weighted by Crippen LogP contribution is 2.29. The number of benzene rings is 1. The van der Waals surface area contributed by atoms with Gasteiger partial charge < -0.3 is 4.42 Å². The van der Waals surface area contributed by atoms with Crippen LogP contribution < -0.4 is 0 Å². The van der Waals surface area contributed by atoms with Crippen molar-refractivity contribution in [3.8, 4) is 0 Å². The van der Waals surface area contributed by atoms with E-state index in [0.717, 1.165) is 17.1 Å². The number of fused-ring (bicyclic) bond motifs is 3. The van der Waals surface area contributed by atoms with Crippen LogP contribution >= 0.6 is 11.6 Å². The largest absolute Gasteiger partial charge is 0.437 e. The van der Waals surface area contributed by atoms with E-state index in [1.807, 2.05) is 18.2 Å². The summed E-state index contributed by atoms with van der Waals surface area (Å²) in [5, 5.41) is 2.12. The Bertz CT molecular complexity index is 703. The minimum absolute atomic E-state index is 0.374. The molecule has 0 unspecified atom stereocenters. The molecule has 0 fully saturated rings. The van der Waals surface area contributed by atoms with E-state index in [2.05, 4.69) is 4.98 Å². The van der Waals surface area contributed by atoms with Crippen LogP contribution in [0.4, 0.5) is 0 Å². The first kappa shape index (κ1) is 9.36. The van der Waals surface area contributed by atoms with Gasteiger partial charge in [-0.25, -0.2) is 4.98 Å². The number of aromatic nitrogens is 1. The molecule has 2 heterocycles. The second-order valence-electron chi connectivity index (χ2n) is 3.43. The van der Waals surface area contributed by atoms with Gasteiger partial charge in [-0.2, -0.15) is 0 Å². The Morgan fingerprint density at radius 1 is 1.19 bits per heavy atom. The van der Waals surface area contributed by atoms with Gasteiger partial charge in [0.1, 0.15) is 10.7 Å². The van der Waals surface area contributed by atoms with Crippen molar-refractivity contribution in [1.29, 1.82) is 0 Å². The van der Waals surface area contributed by atoms with Gasteiger partial charge in [0.15, 0.2) is 6.29 Å². The molecule has 0 N–H and O–H groups in total. The molecule has 0 bridgehead atoms. The van der Waals surface area contributed by atoms with Gasteiger partial charge in [-0.15, -0.1) is 0 Å². The Balaban J connectivity index is 2.54. The molecule has 1 aromatic carbocycles. The van der Waals surface area contributed by atoms with Crippen LogP contribution in [0, 0.1) is 0 Å². The van der Waals surface area contributed by atoms with Crippen molar-refractivity contribution in [2.45, 2.75) is 0 Å². The highest BCUT2D eigenvalue weighted by atomic mass is 35.5. The molecule has 3 nitrogen and oxygen atoms in total. The highest BCUT2D eigenvalue weighted by Gasteiger charge is 2.10. The van der Waals surface area contributed by atoms with Crippen molar-refractivity contribution < 1.29 is 9.21 Å². The summed E-state index contributed by atoms with van der Waals surface area (Å²) >= 11 is 5.78. The van der Waals surface area contributed by atoms with Gasteiger partial charge in [-0.05, 0) is 18.2 Å². The Labute approximate surface area is 95.6 Å². The van der Waals surface area contributed by atoms with E-state index >= 15 is 0 Å². The molecule has 78 valence electrons. The van der Waals surface area contributed by atoms with Crippen LogP contribution in [0.15, 0.2) is 34.7 Å². The first-order chi connectivity index (χ1) is 7.79. The quantitative estimate of drug-likeness (QED) is 0.476. The summed E-state index contributed by atoms with van der Waals surface area (Å²) in [6.07, 6.45) is 0.770. The third-order valence-electron chi connectivity index (χ3n) is 2.49. The fourth-order valence-corrected chi connectivity index (χ4v) is 1.91. The average Bonchev–Trinajstić information content (AvgIpc) is 2.65. The van der Waals surface area contributed by atoms with E-state index in [-0.39, 0.29) is 0 Å². The summed E-state index contributed by atoms with van der Waals surface area (Å²) < 4.78 is 5.53. The summed E-state index contributed by atoms with van der Waals surface area (Å²) in [5.74, 6) is 0. The zero-order chi connectivity index (χ0) is 11.1. The van der Waals surface area contributed by atoms with Crippen LogP contribution in [0.3, 0.4) is 0 Å². The number of hydrogen-bond donors (Lipinski definition) is 0. The molecular weight excluding hydrogens is 226 g/mol. The lowest BCUT2D eigenvalue weighted by atomic mass is 10.1. The van der Waals surface area contributed by atoms with E-state index < -0.39 is 0 Å². The van der Waals surface area contributed by atoms with Gasteiger partial charge in [0.25, 0.3) is 0 Å². The van der Waals surface area contributed by atoms with Crippen LogP contribution in [0.1, 0.15) is 10.4 Å². The molecule has 0 spiro atoms. The van der Waals surface area contributed by atoms with E-state index in [9.17, 15) is 4.79 Å². The second kappa shape index (κ2) is 3.32. The third kappa shape index (κ3) is 1.22. The lowest BCUT2D eigenvalue weighted by Crippen LogP contribution is -1.78.